The highest BCUT2D eigenvalue weighted by Gasteiger charge is 2.10. The van der Waals surface area contributed by atoms with Crippen molar-refractivity contribution in [1.29, 1.82) is 0 Å². The van der Waals surface area contributed by atoms with Gasteiger partial charge < -0.3 is 20.3 Å². The zero-order chi connectivity index (χ0) is 15.7. The second kappa shape index (κ2) is 10.1. The number of hydrogen-bond donors (Lipinski definition) is 3. The molecular weight excluding hydrogens is 286 g/mol. The predicted octanol–water partition coefficient (Wildman–Crippen LogP) is 2.34. The first-order valence-electron chi connectivity index (χ1n) is 7.48. The summed E-state index contributed by atoms with van der Waals surface area (Å²) < 4.78 is 5.67. The normalized spacial score (nSPS) is 14.0. The van der Waals surface area contributed by atoms with Gasteiger partial charge in [-0.1, -0.05) is 13.0 Å². The fourth-order valence-corrected chi connectivity index (χ4v) is 3.00. The minimum atomic E-state index is -0.658. The average molecular weight is 313 g/mol. The number of thioether (sulfide) groups is 1. The van der Waals surface area contributed by atoms with Crippen molar-refractivity contribution in [3.8, 4) is 5.75 Å². The molecule has 0 saturated heterocycles. The van der Waals surface area contributed by atoms with Crippen LogP contribution >= 0.6 is 11.8 Å². The molecule has 0 aliphatic carbocycles. The molecule has 5 heteroatoms. The van der Waals surface area contributed by atoms with Gasteiger partial charge in [-0.25, -0.2) is 0 Å². The SMILES string of the molecule is CCNC(C)c1ccc(OCC)c(CSCC(O)CO)c1. The van der Waals surface area contributed by atoms with E-state index in [1.54, 1.807) is 11.8 Å². The van der Waals surface area contributed by atoms with Crippen LogP contribution in [0.2, 0.25) is 0 Å². The van der Waals surface area contributed by atoms with Crippen molar-refractivity contribution in [2.75, 3.05) is 25.5 Å². The maximum atomic E-state index is 9.41. The van der Waals surface area contributed by atoms with Crippen molar-refractivity contribution in [1.82, 2.24) is 5.32 Å². The number of benzene rings is 1. The number of aliphatic hydroxyl groups excluding tert-OH is 2. The number of nitrogens with one attached hydrogen (secondary N) is 1. The van der Waals surface area contributed by atoms with E-state index in [2.05, 4.69) is 31.3 Å². The summed E-state index contributed by atoms with van der Waals surface area (Å²) in [7, 11) is 0. The van der Waals surface area contributed by atoms with Gasteiger partial charge in [-0.05, 0) is 38.1 Å². The lowest BCUT2D eigenvalue weighted by Gasteiger charge is -2.17. The Kier molecular flexibility index (Phi) is 8.76. The van der Waals surface area contributed by atoms with E-state index in [0.29, 0.717) is 18.4 Å². The van der Waals surface area contributed by atoms with E-state index < -0.39 is 6.10 Å². The molecule has 21 heavy (non-hydrogen) atoms. The summed E-state index contributed by atoms with van der Waals surface area (Å²) in [4.78, 5) is 0. The summed E-state index contributed by atoms with van der Waals surface area (Å²) in [5.74, 6) is 2.18. The summed E-state index contributed by atoms with van der Waals surface area (Å²) in [6.07, 6.45) is -0.658. The molecular formula is C16H27NO3S. The molecule has 0 aromatic heterocycles. The predicted molar refractivity (Wildman–Crippen MR) is 89.0 cm³/mol. The molecule has 0 saturated carbocycles. The Balaban J connectivity index is 2.77. The molecule has 0 spiro atoms. The molecule has 0 amide bonds. The van der Waals surface area contributed by atoms with Gasteiger partial charge in [0.1, 0.15) is 5.75 Å². The van der Waals surface area contributed by atoms with Gasteiger partial charge in [0.2, 0.25) is 0 Å². The van der Waals surface area contributed by atoms with Gasteiger partial charge in [0, 0.05) is 23.1 Å². The topological polar surface area (TPSA) is 61.7 Å². The first-order valence-corrected chi connectivity index (χ1v) is 8.63. The van der Waals surface area contributed by atoms with Gasteiger partial charge in [-0.3, -0.25) is 0 Å². The molecule has 0 heterocycles. The van der Waals surface area contributed by atoms with Crippen LogP contribution in [0.15, 0.2) is 18.2 Å². The first kappa shape index (κ1) is 18.3. The van der Waals surface area contributed by atoms with Gasteiger partial charge in [0.25, 0.3) is 0 Å². The van der Waals surface area contributed by atoms with Crippen molar-refractivity contribution >= 4 is 11.8 Å². The van der Waals surface area contributed by atoms with E-state index in [-0.39, 0.29) is 6.61 Å². The number of rotatable bonds is 10. The summed E-state index contributed by atoms with van der Waals surface area (Å²) in [6, 6.07) is 6.58. The smallest absolute Gasteiger partial charge is 0.123 e. The largest absolute Gasteiger partial charge is 0.494 e. The quantitative estimate of drug-likeness (QED) is 0.619. The van der Waals surface area contributed by atoms with Crippen LogP contribution in [0.3, 0.4) is 0 Å². The lowest BCUT2D eigenvalue weighted by molar-refractivity contribution is 0.113. The zero-order valence-electron chi connectivity index (χ0n) is 13.1. The lowest BCUT2D eigenvalue weighted by Crippen LogP contribution is -2.18. The summed E-state index contributed by atoms with van der Waals surface area (Å²) in [6.45, 7) is 7.59. The second-order valence-corrected chi connectivity index (χ2v) is 5.96. The van der Waals surface area contributed by atoms with Crippen molar-refractivity contribution < 1.29 is 14.9 Å². The van der Waals surface area contributed by atoms with E-state index in [0.717, 1.165) is 23.6 Å². The van der Waals surface area contributed by atoms with Crippen LogP contribution in [-0.2, 0) is 5.75 Å². The van der Waals surface area contributed by atoms with Crippen LogP contribution < -0.4 is 10.1 Å². The Bertz CT molecular complexity index is 415. The number of aliphatic hydroxyl groups is 2. The molecule has 4 nitrogen and oxygen atoms in total. The van der Waals surface area contributed by atoms with Gasteiger partial charge in [-0.2, -0.15) is 11.8 Å². The van der Waals surface area contributed by atoms with E-state index in [1.807, 2.05) is 13.0 Å². The van der Waals surface area contributed by atoms with Crippen LogP contribution in [0.25, 0.3) is 0 Å². The monoisotopic (exact) mass is 313 g/mol. The molecule has 0 aliphatic rings. The van der Waals surface area contributed by atoms with E-state index in [9.17, 15) is 5.11 Å². The van der Waals surface area contributed by atoms with E-state index in [1.165, 1.54) is 5.56 Å². The molecule has 2 atom stereocenters. The highest BCUT2D eigenvalue weighted by molar-refractivity contribution is 7.98. The van der Waals surface area contributed by atoms with Crippen LogP contribution in [-0.4, -0.2) is 41.8 Å². The molecule has 120 valence electrons. The Morgan fingerprint density at radius 3 is 2.71 bits per heavy atom. The molecule has 1 aromatic carbocycles. The Morgan fingerprint density at radius 2 is 2.10 bits per heavy atom. The average Bonchev–Trinajstić information content (AvgIpc) is 2.49. The third-order valence-electron chi connectivity index (χ3n) is 3.17. The van der Waals surface area contributed by atoms with Gasteiger partial charge in [-0.15, -0.1) is 0 Å². The van der Waals surface area contributed by atoms with Gasteiger partial charge in [0.15, 0.2) is 0 Å². The molecule has 1 aromatic rings. The third kappa shape index (κ3) is 6.26. The summed E-state index contributed by atoms with van der Waals surface area (Å²) in [5, 5.41) is 21.7. The molecule has 0 bridgehead atoms. The summed E-state index contributed by atoms with van der Waals surface area (Å²) in [5.41, 5.74) is 2.37. The number of hydrogen-bond acceptors (Lipinski definition) is 5. The van der Waals surface area contributed by atoms with Gasteiger partial charge >= 0.3 is 0 Å². The second-order valence-electron chi connectivity index (χ2n) is 4.93. The Labute approximate surface area is 131 Å². The zero-order valence-corrected chi connectivity index (χ0v) is 13.9. The molecule has 2 unspecified atom stereocenters. The molecule has 1 rings (SSSR count). The summed E-state index contributed by atoms with van der Waals surface area (Å²) >= 11 is 1.60. The standard InChI is InChI=1S/C16H27NO3S/c1-4-17-12(3)13-6-7-16(20-5-2)14(8-13)10-21-11-15(19)9-18/h6-8,12,15,17-19H,4-5,9-11H2,1-3H3. The van der Waals surface area contributed by atoms with Crippen LogP contribution in [0, 0.1) is 0 Å². The number of ether oxygens (including phenoxy) is 1. The highest BCUT2D eigenvalue weighted by atomic mass is 32.2. The molecule has 0 aliphatic heterocycles. The minimum Gasteiger partial charge on any atom is -0.494 e. The van der Waals surface area contributed by atoms with E-state index >= 15 is 0 Å². The fraction of sp³-hybridized carbons (Fsp3) is 0.625. The fourth-order valence-electron chi connectivity index (χ4n) is 2.06. The van der Waals surface area contributed by atoms with Crippen molar-refractivity contribution in [3.05, 3.63) is 29.3 Å². The highest BCUT2D eigenvalue weighted by Crippen LogP contribution is 2.27. The van der Waals surface area contributed by atoms with Crippen LogP contribution in [0.1, 0.15) is 37.9 Å². The Hall–Kier alpha value is -0.750. The van der Waals surface area contributed by atoms with Crippen molar-refractivity contribution in [2.24, 2.45) is 0 Å². The van der Waals surface area contributed by atoms with Crippen molar-refractivity contribution in [2.45, 2.75) is 38.7 Å². The third-order valence-corrected chi connectivity index (χ3v) is 4.31. The maximum absolute atomic E-state index is 9.41. The lowest BCUT2D eigenvalue weighted by atomic mass is 10.0. The van der Waals surface area contributed by atoms with Crippen LogP contribution in [0.4, 0.5) is 0 Å². The van der Waals surface area contributed by atoms with Crippen molar-refractivity contribution in [3.63, 3.8) is 0 Å². The molecule has 3 N–H and O–H groups in total. The van der Waals surface area contributed by atoms with Gasteiger partial charge in [0.05, 0.1) is 19.3 Å². The molecule has 0 fully saturated rings. The Morgan fingerprint density at radius 1 is 1.33 bits per heavy atom. The molecule has 0 radical (unpaired) electrons. The minimum absolute atomic E-state index is 0.192. The first-order chi connectivity index (χ1) is 10.1. The van der Waals surface area contributed by atoms with E-state index in [4.69, 9.17) is 9.84 Å². The maximum Gasteiger partial charge on any atom is 0.123 e. The van der Waals surface area contributed by atoms with Crippen LogP contribution in [0.5, 0.6) is 5.75 Å².